The fourth-order valence-corrected chi connectivity index (χ4v) is 5.35. The van der Waals surface area contributed by atoms with Gasteiger partial charge in [-0.25, -0.2) is 9.29 Å². The number of aliphatic hydroxyl groups excluding tert-OH is 1. The number of fused-ring (bicyclic) bond motifs is 1. The van der Waals surface area contributed by atoms with Gasteiger partial charge in [-0.1, -0.05) is 20.8 Å². The second-order valence-electron chi connectivity index (χ2n) is 9.50. The van der Waals surface area contributed by atoms with E-state index in [0.29, 0.717) is 5.92 Å². The first kappa shape index (κ1) is 24.2. The van der Waals surface area contributed by atoms with Gasteiger partial charge in [0.05, 0.1) is 11.0 Å². The highest BCUT2D eigenvalue weighted by Crippen LogP contribution is 2.33. The van der Waals surface area contributed by atoms with Crippen molar-refractivity contribution in [3.63, 3.8) is 0 Å². The fraction of sp³-hybridized carbons (Fsp3) is 0.667. The molecule has 2 saturated heterocycles. The Labute approximate surface area is 190 Å². The van der Waals surface area contributed by atoms with Gasteiger partial charge in [0.1, 0.15) is 12.1 Å². The van der Waals surface area contributed by atoms with Crippen LogP contribution in [-0.2, 0) is 21.5 Å². The predicted octanol–water partition coefficient (Wildman–Crippen LogP) is 4.29. The van der Waals surface area contributed by atoms with E-state index < -0.39 is 0 Å². The van der Waals surface area contributed by atoms with E-state index in [1.807, 2.05) is 0 Å². The first-order valence-electron chi connectivity index (χ1n) is 11.4. The normalized spacial score (nSPS) is 19.3. The van der Waals surface area contributed by atoms with Gasteiger partial charge in [0.2, 0.25) is 0 Å². The lowest BCUT2D eigenvalue weighted by Crippen LogP contribution is -2.28. The molecule has 2 aromatic rings. The Morgan fingerprint density at radius 2 is 1.84 bits per heavy atom. The molecule has 7 heteroatoms. The van der Waals surface area contributed by atoms with Crippen molar-refractivity contribution >= 4 is 29.3 Å². The molecule has 0 amide bonds. The standard InChI is InChI=1S/C23H33N3O2S.CH4O/c1-23(2,3)22-24-20-14-19(29-25-10-6-18(16-27)7-11-25)4-5-21(20)26(22)15-17-8-12-28-13-9-17;1-2/h4-5,14,16-18H,6-13,15H2,1-3H3;2H,1H3. The number of aliphatic hydroxyl groups is 1. The van der Waals surface area contributed by atoms with E-state index in [2.05, 4.69) is 47.8 Å². The summed E-state index contributed by atoms with van der Waals surface area (Å²) in [6.07, 6.45) is 5.31. The fourth-order valence-electron chi connectivity index (χ4n) is 4.36. The summed E-state index contributed by atoms with van der Waals surface area (Å²) >= 11 is 1.80. The Morgan fingerprint density at radius 3 is 2.45 bits per heavy atom. The van der Waals surface area contributed by atoms with Crippen molar-refractivity contribution < 1.29 is 14.6 Å². The van der Waals surface area contributed by atoms with Crippen LogP contribution in [0, 0.1) is 11.8 Å². The van der Waals surface area contributed by atoms with Crippen LogP contribution < -0.4 is 0 Å². The molecule has 0 radical (unpaired) electrons. The first-order chi connectivity index (χ1) is 14.9. The number of aldehydes is 1. The Kier molecular flexibility index (Phi) is 8.56. The third-order valence-corrected chi connectivity index (χ3v) is 7.19. The van der Waals surface area contributed by atoms with E-state index in [1.165, 1.54) is 16.2 Å². The topological polar surface area (TPSA) is 67.6 Å². The minimum Gasteiger partial charge on any atom is -0.400 e. The Morgan fingerprint density at radius 1 is 1.16 bits per heavy atom. The molecule has 0 saturated carbocycles. The lowest BCUT2D eigenvalue weighted by molar-refractivity contribution is -0.112. The zero-order chi connectivity index (χ0) is 22.4. The van der Waals surface area contributed by atoms with Gasteiger partial charge in [-0.3, -0.25) is 0 Å². The molecule has 172 valence electrons. The lowest BCUT2D eigenvalue weighted by Gasteiger charge is -2.28. The number of benzene rings is 1. The van der Waals surface area contributed by atoms with Crippen LogP contribution in [-0.4, -0.2) is 58.7 Å². The first-order valence-corrected chi connectivity index (χ1v) is 12.1. The van der Waals surface area contributed by atoms with Crippen LogP contribution in [0.25, 0.3) is 11.0 Å². The van der Waals surface area contributed by atoms with Gasteiger partial charge in [-0.05, 0) is 61.7 Å². The SMILES string of the molecule is CC(C)(C)c1nc2cc(SN3CCC(C=O)CC3)ccc2n1CC1CCOCC1.CO. The van der Waals surface area contributed by atoms with Crippen LogP contribution in [0.15, 0.2) is 23.1 Å². The van der Waals surface area contributed by atoms with Crippen LogP contribution in [0.5, 0.6) is 0 Å². The number of hydrogen-bond acceptors (Lipinski definition) is 6. The van der Waals surface area contributed by atoms with E-state index in [-0.39, 0.29) is 11.3 Å². The summed E-state index contributed by atoms with van der Waals surface area (Å²) in [5.74, 6) is 2.08. The highest BCUT2D eigenvalue weighted by atomic mass is 32.2. The average Bonchev–Trinajstić information content (AvgIpc) is 3.14. The molecule has 1 aromatic carbocycles. The van der Waals surface area contributed by atoms with Crippen molar-refractivity contribution in [3.8, 4) is 0 Å². The van der Waals surface area contributed by atoms with E-state index in [9.17, 15) is 4.79 Å². The van der Waals surface area contributed by atoms with Gasteiger partial charge >= 0.3 is 0 Å². The summed E-state index contributed by atoms with van der Waals surface area (Å²) in [6.45, 7) is 11.5. The van der Waals surface area contributed by atoms with E-state index in [4.69, 9.17) is 14.8 Å². The molecule has 2 aliphatic rings. The summed E-state index contributed by atoms with van der Waals surface area (Å²) in [5.41, 5.74) is 2.34. The summed E-state index contributed by atoms with van der Waals surface area (Å²) in [4.78, 5) is 17.3. The van der Waals surface area contributed by atoms with Crippen molar-refractivity contribution in [1.82, 2.24) is 13.9 Å². The van der Waals surface area contributed by atoms with E-state index in [1.54, 1.807) is 11.9 Å². The molecule has 2 aliphatic heterocycles. The van der Waals surface area contributed by atoms with Crippen LogP contribution in [0.4, 0.5) is 0 Å². The van der Waals surface area contributed by atoms with Crippen molar-refractivity contribution in [1.29, 1.82) is 0 Å². The second-order valence-corrected chi connectivity index (χ2v) is 10.7. The van der Waals surface area contributed by atoms with Gasteiger partial charge in [0, 0.05) is 56.2 Å². The van der Waals surface area contributed by atoms with Crippen LogP contribution in [0.2, 0.25) is 0 Å². The molecule has 0 unspecified atom stereocenters. The smallest absolute Gasteiger partial charge is 0.123 e. The van der Waals surface area contributed by atoms with Crippen molar-refractivity contribution in [2.75, 3.05) is 33.4 Å². The number of nitrogens with zero attached hydrogens (tertiary/aromatic N) is 3. The Hall–Kier alpha value is -1.41. The predicted molar refractivity (Wildman–Crippen MR) is 126 cm³/mol. The number of carbonyl (C=O) groups excluding carboxylic acids is 1. The molecule has 1 aromatic heterocycles. The third-order valence-electron chi connectivity index (χ3n) is 6.10. The van der Waals surface area contributed by atoms with E-state index in [0.717, 1.165) is 77.4 Å². The molecule has 0 spiro atoms. The van der Waals surface area contributed by atoms with Gasteiger partial charge in [0.15, 0.2) is 0 Å². The third kappa shape index (κ3) is 6.09. The number of piperidine rings is 1. The molecule has 4 rings (SSSR count). The van der Waals surface area contributed by atoms with Gasteiger partial charge in [-0.2, -0.15) is 0 Å². The highest BCUT2D eigenvalue weighted by molar-refractivity contribution is 7.97. The summed E-state index contributed by atoms with van der Waals surface area (Å²) < 4.78 is 10.4. The molecule has 0 atom stereocenters. The van der Waals surface area contributed by atoms with Crippen LogP contribution in [0.1, 0.15) is 52.3 Å². The zero-order valence-electron chi connectivity index (χ0n) is 19.3. The highest BCUT2D eigenvalue weighted by Gasteiger charge is 2.26. The monoisotopic (exact) mass is 447 g/mol. The second kappa shape index (κ2) is 10.9. The molecular formula is C24H37N3O3S. The number of carbonyl (C=O) groups is 1. The van der Waals surface area contributed by atoms with Crippen LogP contribution in [0.3, 0.4) is 0 Å². The molecule has 1 N–H and O–H groups in total. The number of imidazole rings is 1. The maximum Gasteiger partial charge on any atom is 0.123 e. The minimum atomic E-state index is 0.00814. The molecule has 3 heterocycles. The quantitative estimate of drug-likeness (QED) is 0.545. The van der Waals surface area contributed by atoms with Crippen LogP contribution >= 0.6 is 11.9 Å². The largest absolute Gasteiger partial charge is 0.400 e. The molecule has 6 nitrogen and oxygen atoms in total. The molecule has 0 bridgehead atoms. The van der Waals surface area contributed by atoms with Gasteiger partial charge < -0.3 is 19.2 Å². The van der Waals surface area contributed by atoms with Gasteiger partial charge in [-0.15, -0.1) is 0 Å². The number of aromatic nitrogens is 2. The van der Waals surface area contributed by atoms with Gasteiger partial charge in [0.25, 0.3) is 0 Å². The Balaban J connectivity index is 0.00000132. The molecule has 31 heavy (non-hydrogen) atoms. The van der Waals surface area contributed by atoms with E-state index >= 15 is 0 Å². The minimum absolute atomic E-state index is 0.00814. The summed E-state index contributed by atoms with van der Waals surface area (Å²) in [6, 6.07) is 6.71. The van der Waals surface area contributed by atoms with Crippen molar-refractivity contribution in [2.24, 2.45) is 11.8 Å². The number of hydrogen-bond donors (Lipinski definition) is 1. The molecule has 2 fully saturated rings. The zero-order valence-corrected chi connectivity index (χ0v) is 20.2. The molecule has 0 aliphatic carbocycles. The summed E-state index contributed by atoms with van der Waals surface area (Å²) in [7, 11) is 1.00. The number of ether oxygens (including phenoxy) is 1. The lowest BCUT2D eigenvalue weighted by atomic mass is 9.94. The maximum atomic E-state index is 11.0. The van der Waals surface area contributed by atoms with Crippen molar-refractivity contribution in [3.05, 3.63) is 24.0 Å². The summed E-state index contributed by atoms with van der Waals surface area (Å²) in [5, 5.41) is 7.00. The van der Waals surface area contributed by atoms with Crippen molar-refractivity contribution in [2.45, 2.75) is 63.3 Å². The number of rotatable bonds is 5. The average molecular weight is 448 g/mol. The Bertz CT molecular complexity index is 848. The molecular weight excluding hydrogens is 410 g/mol. The maximum absolute atomic E-state index is 11.0.